The Hall–Kier alpha value is -2.23. The topological polar surface area (TPSA) is 51.5 Å². The van der Waals surface area contributed by atoms with Gasteiger partial charge in [-0.2, -0.15) is 0 Å². The van der Waals surface area contributed by atoms with Gasteiger partial charge in [0.25, 0.3) is 0 Å². The molecule has 0 bridgehead atoms. The molecule has 0 aliphatic heterocycles. The molecular formula is C16H19NO3. The highest BCUT2D eigenvalue weighted by atomic mass is 16.5. The Balaban J connectivity index is 1.99. The van der Waals surface area contributed by atoms with Crippen molar-refractivity contribution in [3.63, 3.8) is 0 Å². The third-order valence-corrected chi connectivity index (χ3v) is 2.91. The maximum absolute atomic E-state index is 11.6. The Kier molecular flexibility index (Phi) is 4.82. The highest BCUT2D eigenvalue weighted by molar-refractivity contribution is 5.90. The summed E-state index contributed by atoms with van der Waals surface area (Å²) >= 11 is 0. The van der Waals surface area contributed by atoms with Crippen LogP contribution in [0, 0.1) is 0 Å². The van der Waals surface area contributed by atoms with Crippen molar-refractivity contribution >= 4 is 11.7 Å². The quantitative estimate of drug-likeness (QED) is 0.816. The summed E-state index contributed by atoms with van der Waals surface area (Å²) in [5.41, 5.74) is 1.41. The fraction of sp³-hybridized carbons (Fsp3) is 0.312. The molecule has 106 valence electrons. The molecule has 0 unspecified atom stereocenters. The molecule has 1 aromatic carbocycles. The average Bonchev–Trinajstić information content (AvgIpc) is 2.94. The standard InChI is InChI=1S/C16H19NO3/c1-3-14-8-9-15(20-14)11-17-13-7-5-6-12(10-13)16(18)19-4-2/h5-10,17H,3-4,11H2,1-2H3. The Morgan fingerprint density at radius 2 is 2.00 bits per heavy atom. The van der Waals surface area contributed by atoms with E-state index in [-0.39, 0.29) is 5.97 Å². The molecule has 0 radical (unpaired) electrons. The summed E-state index contributed by atoms with van der Waals surface area (Å²) in [5.74, 6) is 1.55. The van der Waals surface area contributed by atoms with Crippen molar-refractivity contribution in [2.24, 2.45) is 0 Å². The van der Waals surface area contributed by atoms with E-state index in [1.807, 2.05) is 24.3 Å². The van der Waals surface area contributed by atoms with Crippen LogP contribution in [0.2, 0.25) is 0 Å². The van der Waals surface area contributed by atoms with E-state index in [1.165, 1.54) is 0 Å². The average molecular weight is 273 g/mol. The molecule has 0 aliphatic carbocycles. The first-order valence-corrected chi connectivity index (χ1v) is 6.81. The predicted octanol–water partition coefficient (Wildman–Crippen LogP) is 3.63. The van der Waals surface area contributed by atoms with Gasteiger partial charge in [-0.15, -0.1) is 0 Å². The molecule has 0 amide bonds. The molecule has 2 aromatic rings. The summed E-state index contributed by atoms with van der Waals surface area (Å²) in [4.78, 5) is 11.6. The van der Waals surface area contributed by atoms with E-state index in [2.05, 4.69) is 12.2 Å². The number of nitrogens with one attached hydrogen (secondary N) is 1. The van der Waals surface area contributed by atoms with Crippen molar-refractivity contribution in [2.45, 2.75) is 26.8 Å². The number of esters is 1. The van der Waals surface area contributed by atoms with Gasteiger partial charge in [-0.05, 0) is 37.3 Å². The fourth-order valence-electron chi connectivity index (χ4n) is 1.87. The minimum atomic E-state index is -0.303. The van der Waals surface area contributed by atoms with E-state index in [1.54, 1.807) is 19.1 Å². The van der Waals surface area contributed by atoms with Crippen molar-refractivity contribution in [3.8, 4) is 0 Å². The molecule has 1 aromatic heterocycles. The molecule has 1 heterocycles. The van der Waals surface area contributed by atoms with Gasteiger partial charge in [-0.25, -0.2) is 4.79 Å². The largest absolute Gasteiger partial charge is 0.464 e. The van der Waals surface area contributed by atoms with Crippen molar-refractivity contribution in [3.05, 3.63) is 53.5 Å². The van der Waals surface area contributed by atoms with Gasteiger partial charge in [0, 0.05) is 12.1 Å². The third kappa shape index (κ3) is 3.63. The summed E-state index contributed by atoms with van der Waals surface area (Å²) < 4.78 is 10.6. The molecule has 20 heavy (non-hydrogen) atoms. The van der Waals surface area contributed by atoms with Crippen LogP contribution in [0.25, 0.3) is 0 Å². The maximum Gasteiger partial charge on any atom is 0.338 e. The van der Waals surface area contributed by atoms with Crippen LogP contribution in [0.5, 0.6) is 0 Å². The van der Waals surface area contributed by atoms with Gasteiger partial charge in [0.05, 0.1) is 18.7 Å². The first-order chi connectivity index (χ1) is 9.72. The van der Waals surface area contributed by atoms with Crippen molar-refractivity contribution in [2.75, 3.05) is 11.9 Å². The van der Waals surface area contributed by atoms with E-state index in [0.717, 1.165) is 23.6 Å². The molecule has 4 nitrogen and oxygen atoms in total. The predicted molar refractivity (Wildman–Crippen MR) is 77.8 cm³/mol. The Morgan fingerprint density at radius 1 is 1.20 bits per heavy atom. The summed E-state index contributed by atoms with van der Waals surface area (Å²) in [5, 5.41) is 3.23. The number of aryl methyl sites for hydroxylation is 1. The Labute approximate surface area is 118 Å². The van der Waals surface area contributed by atoms with Crippen molar-refractivity contribution in [1.82, 2.24) is 0 Å². The van der Waals surface area contributed by atoms with Crippen LogP contribution in [0.3, 0.4) is 0 Å². The van der Waals surface area contributed by atoms with Crippen molar-refractivity contribution < 1.29 is 13.9 Å². The number of hydrogen-bond acceptors (Lipinski definition) is 4. The lowest BCUT2D eigenvalue weighted by atomic mass is 10.2. The lowest BCUT2D eigenvalue weighted by Crippen LogP contribution is -2.05. The highest BCUT2D eigenvalue weighted by Crippen LogP contribution is 2.14. The zero-order chi connectivity index (χ0) is 14.4. The van der Waals surface area contributed by atoms with Crippen LogP contribution < -0.4 is 5.32 Å². The maximum atomic E-state index is 11.6. The lowest BCUT2D eigenvalue weighted by Gasteiger charge is -2.07. The van der Waals surface area contributed by atoms with Gasteiger partial charge in [0.2, 0.25) is 0 Å². The lowest BCUT2D eigenvalue weighted by molar-refractivity contribution is 0.0526. The van der Waals surface area contributed by atoms with Crippen LogP contribution in [-0.2, 0) is 17.7 Å². The van der Waals surface area contributed by atoms with E-state index >= 15 is 0 Å². The number of furan rings is 1. The van der Waals surface area contributed by atoms with Gasteiger partial charge < -0.3 is 14.5 Å². The Bertz CT molecular complexity index is 575. The zero-order valence-corrected chi connectivity index (χ0v) is 11.8. The smallest absolute Gasteiger partial charge is 0.338 e. The number of carbonyl (C=O) groups is 1. The zero-order valence-electron chi connectivity index (χ0n) is 11.8. The molecule has 0 spiro atoms. The van der Waals surface area contributed by atoms with Gasteiger partial charge in [0.15, 0.2) is 0 Å². The number of carbonyl (C=O) groups excluding carboxylic acids is 1. The molecule has 0 saturated heterocycles. The molecule has 2 rings (SSSR count). The summed E-state index contributed by atoms with van der Waals surface area (Å²) in [6, 6.07) is 11.2. The van der Waals surface area contributed by atoms with Gasteiger partial charge in [-0.3, -0.25) is 0 Å². The molecule has 0 saturated carbocycles. The van der Waals surface area contributed by atoms with E-state index in [0.29, 0.717) is 18.7 Å². The number of anilines is 1. The minimum Gasteiger partial charge on any atom is -0.464 e. The van der Waals surface area contributed by atoms with Crippen LogP contribution >= 0.6 is 0 Å². The van der Waals surface area contributed by atoms with Crippen molar-refractivity contribution in [1.29, 1.82) is 0 Å². The first kappa shape index (κ1) is 14.2. The molecule has 0 aliphatic rings. The Morgan fingerprint density at radius 3 is 2.70 bits per heavy atom. The third-order valence-electron chi connectivity index (χ3n) is 2.91. The number of ether oxygens (including phenoxy) is 1. The van der Waals surface area contributed by atoms with Crippen LogP contribution in [0.15, 0.2) is 40.8 Å². The molecule has 4 heteroatoms. The molecule has 1 N–H and O–H groups in total. The normalized spacial score (nSPS) is 10.3. The van der Waals surface area contributed by atoms with E-state index in [4.69, 9.17) is 9.15 Å². The molecular weight excluding hydrogens is 254 g/mol. The van der Waals surface area contributed by atoms with Gasteiger partial charge >= 0.3 is 5.97 Å². The second kappa shape index (κ2) is 6.80. The first-order valence-electron chi connectivity index (χ1n) is 6.81. The second-order valence-electron chi connectivity index (χ2n) is 4.38. The SMILES string of the molecule is CCOC(=O)c1cccc(NCc2ccc(CC)o2)c1. The van der Waals surface area contributed by atoms with Gasteiger partial charge in [0.1, 0.15) is 11.5 Å². The number of rotatable bonds is 6. The van der Waals surface area contributed by atoms with Gasteiger partial charge in [-0.1, -0.05) is 13.0 Å². The van der Waals surface area contributed by atoms with Crippen LogP contribution in [0.4, 0.5) is 5.69 Å². The van der Waals surface area contributed by atoms with E-state index < -0.39 is 0 Å². The molecule has 0 atom stereocenters. The fourth-order valence-corrected chi connectivity index (χ4v) is 1.87. The summed E-state index contributed by atoms with van der Waals surface area (Å²) in [6.45, 7) is 4.82. The minimum absolute atomic E-state index is 0.303. The second-order valence-corrected chi connectivity index (χ2v) is 4.38. The number of benzene rings is 1. The monoisotopic (exact) mass is 273 g/mol. The van der Waals surface area contributed by atoms with E-state index in [9.17, 15) is 4.79 Å². The highest BCUT2D eigenvalue weighted by Gasteiger charge is 2.07. The van der Waals surface area contributed by atoms with Crippen LogP contribution in [0.1, 0.15) is 35.7 Å². The summed E-state index contributed by atoms with van der Waals surface area (Å²) in [7, 11) is 0. The summed E-state index contributed by atoms with van der Waals surface area (Å²) in [6.07, 6.45) is 0.887. The van der Waals surface area contributed by atoms with Crippen LogP contribution in [-0.4, -0.2) is 12.6 Å². The number of hydrogen-bond donors (Lipinski definition) is 1. The molecule has 0 fully saturated rings.